The maximum Gasteiger partial charge on any atom is 0.274 e. The molecule has 1 aliphatic carbocycles. The second-order valence-corrected chi connectivity index (χ2v) is 12.8. The number of hydrogen-bond donors (Lipinski definition) is 2. The lowest BCUT2D eigenvalue weighted by Gasteiger charge is -2.32. The summed E-state index contributed by atoms with van der Waals surface area (Å²) in [6.07, 6.45) is 6.21. The molecular formula is C36H39FN6O3. The van der Waals surface area contributed by atoms with Crippen molar-refractivity contribution in [1.29, 1.82) is 0 Å². The van der Waals surface area contributed by atoms with Crippen molar-refractivity contribution in [3.63, 3.8) is 0 Å². The molecule has 46 heavy (non-hydrogen) atoms. The lowest BCUT2D eigenvalue weighted by Crippen LogP contribution is -2.43. The first-order valence-electron chi connectivity index (χ1n) is 16.0. The molecule has 4 heterocycles. The third kappa shape index (κ3) is 5.95. The summed E-state index contributed by atoms with van der Waals surface area (Å²) in [7, 11) is 3.82. The number of likely N-dealkylation sites (N-methyl/N-ethyl adjacent to an activating group) is 1. The summed E-state index contributed by atoms with van der Waals surface area (Å²) < 4.78 is 16.8. The number of amides is 1. The van der Waals surface area contributed by atoms with Gasteiger partial charge in [0, 0.05) is 69.8 Å². The van der Waals surface area contributed by atoms with Crippen molar-refractivity contribution in [2.24, 2.45) is 7.05 Å². The van der Waals surface area contributed by atoms with E-state index in [0.717, 1.165) is 62.3 Å². The number of pyridine rings is 2. The summed E-state index contributed by atoms with van der Waals surface area (Å²) in [5.41, 5.74) is 5.49. The third-order valence-electron chi connectivity index (χ3n) is 9.49. The number of fused-ring (bicyclic) bond motifs is 1. The number of aliphatic hydroxyl groups excluding tert-OH is 1. The van der Waals surface area contributed by atoms with Crippen molar-refractivity contribution in [1.82, 2.24) is 19.4 Å². The second-order valence-electron chi connectivity index (χ2n) is 12.8. The Morgan fingerprint density at radius 1 is 1.00 bits per heavy atom. The first kappa shape index (κ1) is 30.3. The lowest BCUT2D eigenvalue weighted by molar-refractivity contribution is 0.0976. The van der Waals surface area contributed by atoms with Gasteiger partial charge in [-0.2, -0.15) is 0 Å². The summed E-state index contributed by atoms with van der Waals surface area (Å²) in [6, 6.07) is 14.6. The molecule has 2 N–H and O–H groups in total. The fraction of sp³-hybridized carbons (Fsp3) is 0.361. The maximum absolute atomic E-state index is 15.3. The zero-order chi connectivity index (χ0) is 31.9. The Kier molecular flexibility index (Phi) is 8.18. The van der Waals surface area contributed by atoms with E-state index in [9.17, 15) is 14.7 Å². The first-order chi connectivity index (χ1) is 22.3. The Hall–Kier alpha value is -4.38. The van der Waals surface area contributed by atoms with Crippen LogP contribution < -0.4 is 15.8 Å². The highest BCUT2D eigenvalue weighted by atomic mass is 19.1. The Bertz CT molecular complexity index is 1840. The molecule has 3 aliphatic rings. The highest BCUT2D eigenvalue weighted by Crippen LogP contribution is 2.42. The third-order valence-corrected chi connectivity index (χ3v) is 9.49. The molecule has 0 atom stereocenters. The molecule has 9 nitrogen and oxygen atoms in total. The van der Waals surface area contributed by atoms with E-state index in [1.165, 1.54) is 10.6 Å². The van der Waals surface area contributed by atoms with Crippen LogP contribution in [0.2, 0.25) is 0 Å². The Balaban J connectivity index is 1.15. The zero-order valence-electron chi connectivity index (χ0n) is 26.3. The molecule has 0 bridgehead atoms. The van der Waals surface area contributed by atoms with Crippen LogP contribution in [0.25, 0.3) is 11.1 Å². The number of piperazine rings is 1. The van der Waals surface area contributed by atoms with Gasteiger partial charge < -0.3 is 24.8 Å². The molecule has 0 spiro atoms. The predicted molar refractivity (Wildman–Crippen MR) is 177 cm³/mol. The average molecular weight is 623 g/mol. The van der Waals surface area contributed by atoms with E-state index in [4.69, 9.17) is 0 Å². The fourth-order valence-corrected chi connectivity index (χ4v) is 6.68. The normalized spacial score (nSPS) is 17.3. The number of nitrogens with one attached hydrogen (secondary N) is 1. The monoisotopic (exact) mass is 622 g/mol. The molecule has 1 saturated carbocycles. The zero-order valence-corrected chi connectivity index (χ0v) is 26.3. The van der Waals surface area contributed by atoms with Gasteiger partial charge in [0.05, 0.1) is 17.9 Å². The van der Waals surface area contributed by atoms with Crippen molar-refractivity contribution in [2.75, 3.05) is 50.0 Å². The average Bonchev–Trinajstić information content (AvgIpc) is 3.91. The van der Waals surface area contributed by atoms with E-state index in [-0.39, 0.29) is 17.7 Å². The summed E-state index contributed by atoms with van der Waals surface area (Å²) in [5, 5.41) is 13.8. The molecule has 2 fully saturated rings. The van der Waals surface area contributed by atoms with Crippen LogP contribution in [0.4, 0.5) is 21.6 Å². The number of carbonyl (C=O) groups excluding carboxylic acids is 1. The molecule has 2 aliphatic heterocycles. The van der Waals surface area contributed by atoms with Crippen LogP contribution in [0, 0.1) is 5.82 Å². The van der Waals surface area contributed by atoms with Crippen molar-refractivity contribution >= 4 is 23.1 Å². The second kappa shape index (κ2) is 12.4. The van der Waals surface area contributed by atoms with Gasteiger partial charge in [0.25, 0.3) is 11.5 Å². The van der Waals surface area contributed by atoms with Crippen molar-refractivity contribution in [2.45, 2.75) is 38.3 Å². The van der Waals surface area contributed by atoms with Gasteiger partial charge in [-0.1, -0.05) is 24.3 Å². The molecule has 1 amide bonds. The van der Waals surface area contributed by atoms with Gasteiger partial charge in [0.2, 0.25) is 0 Å². The number of nitrogens with zero attached hydrogens (tertiary/aromatic N) is 5. The van der Waals surface area contributed by atoms with Gasteiger partial charge in [0.1, 0.15) is 17.3 Å². The molecule has 10 heteroatoms. The van der Waals surface area contributed by atoms with Crippen LogP contribution in [0.3, 0.4) is 0 Å². The van der Waals surface area contributed by atoms with Gasteiger partial charge in [-0.25, -0.2) is 9.37 Å². The molecule has 2 aromatic heterocycles. The minimum atomic E-state index is -0.481. The van der Waals surface area contributed by atoms with Gasteiger partial charge in [0.15, 0.2) is 0 Å². The number of aliphatic hydroxyl groups is 1. The molecule has 4 aromatic rings. The molecule has 2 aromatic carbocycles. The molecule has 238 valence electrons. The molecule has 7 rings (SSSR count). The number of halogens is 1. The number of rotatable bonds is 8. The van der Waals surface area contributed by atoms with Crippen LogP contribution >= 0.6 is 0 Å². The highest BCUT2D eigenvalue weighted by molar-refractivity contribution is 6.09. The Morgan fingerprint density at radius 3 is 2.52 bits per heavy atom. The summed E-state index contributed by atoms with van der Waals surface area (Å²) in [4.78, 5) is 37.7. The summed E-state index contributed by atoms with van der Waals surface area (Å²) in [6.45, 7) is 5.02. The minimum Gasteiger partial charge on any atom is -0.392 e. The Labute approximate surface area is 267 Å². The van der Waals surface area contributed by atoms with E-state index in [1.54, 1.807) is 30.3 Å². The van der Waals surface area contributed by atoms with Crippen LogP contribution in [0.1, 0.15) is 51.4 Å². The number of aromatic nitrogens is 2. The molecule has 0 unspecified atom stereocenters. The number of hydrogen-bond acceptors (Lipinski definition) is 7. The minimum absolute atomic E-state index is 0.112. The van der Waals surface area contributed by atoms with Gasteiger partial charge in [-0.15, -0.1) is 0 Å². The molecule has 1 saturated heterocycles. The van der Waals surface area contributed by atoms with E-state index in [2.05, 4.69) is 27.1 Å². The SMILES string of the molecule is CN1CCN(Cc2ccc(Nc3cc(-c4cccc(N5CCc6cc(C7CC7)cc(F)c6C5=O)c4CO)cn(C)c3=O)nc2)CC1. The van der Waals surface area contributed by atoms with Gasteiger partial charge in [-0.3, -0.25) is 14.5 Å². The van der Waals surface area contributed by atoms with Gasteiger partial charge >= 0.3 is 0 Å². The van der Waals surface area contributed by atoms with Gasteiger partial charge in [-0.05, 0) is 78.7 Å². The lowest BCUT2D eigenvalue weighted by atomic mass is 9.92. The summed E-state index contributed by atoms with van der Waals surface area (Å²) in [5.74, 6) is 0.0644. The largest absolute Gasteiger partial charge is 0.392 e. The van der Waals surface area contributed by atoms with E-state index in [1.807, 2.05) is 36.5 Å². The van der Waals surface area contributed by atoms with Crippen molar-refractivity contribution in [3.05, 3.63) is 105 Å². The standard InChI is InChI=1S/C36H39FN6O3/c1-40-12-14-42(15-13-40)20-23-6-9-33(38-19-23)39-31-18-27(21-41(2)35(31)45)28-4-3-5-32(29(28)22-44)43-11-10-25-16-26(24-7-8-24)17-30(37)34(25)36(43)46/h3-6,9,16-19,21,24,44H,7-8,10-15,20,22H2,1-2H3,(H,38,39). The van der Waals surface area contributed by atoms with Crippen LogP contribution in [0.5, 0.6) is 0 Å². The topological polar surface area (TPSA) is 93.9 Å². The molecular weight excluding hydrogens is 583 g/mol. The maximum atomic E-state index is 15.3. The van der Waals surface area contributed by atoms with Crippen molar-refractivity contribution < 1.29 is 14.3 Å². The van der Waals surface area contributed by atoms with E-state index < -0.39 is 11.7 Å². The predicted octanol–water partition coefficient (Wildman–Crippen LogP) is 4.65. The summed E-state index contributed by atoms with van der Waals surface area (Å²) >= 11 is 0. The smallest absolute Gasteiger partial charge is 0.274 e. The first-order valence-corrected chi connectivity index (χ1v) is 16.0. The number of carbonyl (C=O) groups is 1. The van der Waals surface area contributed by atoms with Crippen LogP contribution in [-0.2, 0) is 26.6 Å². The molecule has 0 radical (unpaired) electrons. The fourth-order valence-electron chi connectivity index (χ4n) is 6.68. The van der Waals surface area contributed by atoms with Crippen LogP contribution in [0.15, 0.2) is 65.7 Å². The van der Waals surface area contributed by atoms with E-state index in [0.29, 0.717) is 52.8 Å². The van der Waals surface area contributed by atoms with Crippen molar-refractivity contribution in [3.8, 4) is 11.1 Å². The number of aryl methyl sites for hydroxylation is 1. The van der Waals surface area contributed by atoms with E-state index >= 15 is 4.39 Å². The van der Waals surface area contributed by atoms with Crippen LogP contribution in [-0.4, -0.2) is 70.1 Å². The highest BCUT2D eigenvalue weighted by Gasteiger charge is 2.33. The number of benzene rings is 2. The number of anilines is 3. The quantitative estimate of drug-likeness (QED) is 0.296. The Morgan fingerprint density at radius 2 is 1.80 bits per heavy atom.